The van der Waals surface area contributed by atoms with E-state index in [1.165, 1.54) is 11.8 Å². The average Bonchev–Trinajstić information content (AvgIpc) is 2.20. The second-order valence-electron chi connectivity index (χ2n) is 5.11. The van der Waals surface area contributed by atoms with Crippen LogP contribution in [0.2, 0.25) is 0 Å². The van der Waals surface area contributed by atoms with Crippen LogP contribution in [-0.4, -0.2) is 38.6 Å². The molecule has 15 heavy (non-hydrogen) atoms. The molecule has 1 saturated heterocycles. The van der Waals surface area contributed by atoms with Crippen LogP contribution in [0.3, 0.4) is 0 Å². The van der Waals surface area contributed by atoms with E-state index < -0.39 is 15.9 Å². The number of thioether (sulfide) groups is 1. The highest BCUT2D eigenvalue weighted by molar-refractivity contribution is 8.01. The van der Waals surface area contributed by atoms with Gasteiger partial charge in [-0.25, -0.2) is 4.79 Å². The molecule has 1 N–H and O–H groups in total. The molecule has 1 rings (SSSR count). The Labute approximate surface area is 95.0 Å². The summed E-state index contributed by atoms with van der Waals surface area (Å²) >= 11 is 1.37. The van der Waals surface area contributed by atoms with Gasteiger partial charge < -0.3 is 9.84 Å². The van der Waals surface area contributed by atoms with Gasteiger partial charge in [0.1, 0.15) is 11.0 Å². The van der Waals surface area contributed by atoms with Crippen molar-refractivity contribution in [1.82, 2.24) is 4.90 Å². The molecule has 1 aliphatic rings. The number of aliphatic hydroxyl groups excluding tert-OH is 1. The molecule has 0 aliphatic carbocycles. The van der Waals surface area contributed by atoms with Crippen LogP contribution < -0.4 is 0 Å². The number of hydrogen-bond acceptors (Lipinski definition) is 4. The first kappa shape index (κ1) is 12.6. The Morgan fingerprint density at radius 1 is 1.53 bits per heavy atom. The van der Waals surface area contributed by atoms with Crippen LogP contribution in [0.25, 0.3) is 0 Å². The Kier molecular flexibility index (Phi) is 3.26. The van der Waals surface area contributed by atoms with E-state index >= 15 is 0 Å². The number of rotatable bonds is 0. The van der Waals surface area contributed by atoms with Crippen molar-refractivity contribution in [2.75, 3.05) is 6.54 Å². The minimum Gasteiger partial charge on any atom is -0.444 e. The lowest BCUT2D eigenvalue weighted by Crippen LogP contribution is -2.44. The second kappa shape index (κ2) is 3.87. The minimum atomic E-state index is -0.521. The van der Waals surface area contributed by atoms with Crippen molar-refractivity contribution in [3.63, 3.8) is 0 Å². The van der Waals surface area contributed by atoms with Gasteiger partial charge in [0, 0.05) is 0 Å². The fourth-order valence-electron chi connectivity index (χ4n) is 1.42. The van der Waals surface area contributed by atoms with E-state index in [1.54, 1.807) is 4.90 Å². The first-order valence-corrected chi connectivity index (χ1v) is 5.86. The summed E-state index contributed by atoms with van der Waals surface area (Å²) in [5, 5.41) is 9.50. The lowest BCUT2D eigenvalue weighted by Gasteiger charge is -2.32. The molecule has 1 amide bonds. The SMILES string of the molecule is CC(C)(C)OC(=O)N1CC(O)SC1(C)C. The van der Waals surface area contributed by atoms with Crippen LogP contribution in [0.5, 0.6) is 0 Å². The van der Waals surface area contributed by atoms with Gasteiger partial charge in [-0.15, -0.1) is 11.8 Å². The van der Waals surface area contributed by atoms with Crippen molar-refractivity contribution in [1.29, 1.82) is 0 Å². The van der Waals surface area contributed by atoms with Gasteiger partial charge in [0.15, 0.2) is 0 Å². The van der Waals surface area contributed by atoms with Gasteiger partial charge in [-0.1, -0.05) is 0 Å². The molecule has 1 aliphatic heterocycles. The summed E-state index contributed by atoms with van der Waals surface area (Å²) in [5.41, 5.74) is -1.02. The van der Waals surface area contributed by atoms with Gasteiger partial charge in [-0.05, 0) is 34.6 Å². The highest BCUT2D eigenvalue weighted by Gasteiger charge is 2.43. The molecule has 0 saturated carbocycles. The summed E-state index contributed by atoms with van der Waals surface area (Å²) in [4.78, 5) is 13.0. The summed E-state index contributed by atoms with van der Waals surface area (Å²) in [6.45, 7) is 9.62. The molecular formula is C10H19NO3S. The van der Waals surface area contributed by atoms with E-state index in [9.17, 15) is 9.90 Å². The van der Waals surface area contributed by atoms with Crippen molar-refractivity contribution >= 4 is 17.9 Å². The molecule has 0 spiro atoms. The zero-order valence-electron chi connectivity index (χ0n) is 9.90. The van der Waals surface area contributed by atoms with Crippen molar-refractivity contribution < 1.29 is 14.6 Å². The number of β-amino-alcohol motifs (C(OH)–C–C–N with tert-alkyl or cyclic N) is 1. The van der Waals surface area contributed by atoms with Gasteiger partial charge in [0.2, 0.25) is 0 Å². The zero-order valence-corrected chi connectivity index (χ0v) is 10.7. The molecule has 0 aromatic heterocycles. The first-order chi connectivity index (χ1) is 6.62. The highest BCUT2D eigenvalue weighted by Crippen LogP contribution is 2.39. The van der Waals surface area contributed by atoms with Gasteiger partial charge in [0.05, 0.1) is 11.4 Å². The van der Waals surface area contributed by atoms with Crippen molar-refractivity contribution in [2.45, 2.75) is 50.5 Å². The predicted octanol–water partition coefficient (Wildman–Crippen LogP) is 2.02. The predicted molar refractivity (Wildman–Crippen MR) is 60.6 cm³/mol. The number of nitrogens with zero attached hydrogens (tertiary/aromatic N) is 1. The Hall–Kier alpha value is -0.420. The fraction of sp³-hybridized carbons (Fsp3) is 0.900. The number of amides is 1. The quantitative estimate of drug-likeness (QED) is 0.695. The molecule has 0 aromatic carbocycles. The van der Waals surface area contributed by atoms with E-state index in [-0.39, 0.29) is 6.09 Å². The number of ether oxygens (including phenoxy) is 1. The first-order valence-electron chi connectivity index (χ1n) is 4.98. The fourth-order valence-corrected chi connectivity index (χ4v) is 2.59. The third-order valence-electron chi connectivity index (χ3n) is 2.03. The number of carbonyl (C=O) groups excluding carboxylic acids is 1. The van der Waals surface area contributed by atoms with E-state index in [0.717, 1.165) is 0 Å². The van der Waals surface area contributed by atoms with Crippen molar-refractivity contribution in [3.8, 4) is 0 Å². The maximum atomic E-state index is 11.8. The minimum absolute atomic E-state index is 0.326. The molecular weight excluding hydrogens is 214 g/mol. The Balaban J connectivity index is 2.68. The van der Waals surface area contributed by atoms with Crippen LogP contribution in [0.1, 0.15) is 34.6 Å². The van der Waals surface area contributed by atoms with Gasteiger partial charge in [-0.2, -0.15) is 0 Å². The third-order valence-corrected chi connectivity index (χ3v) is 3.25. The lowest BCUT2D eigenvalue weighted by atomic mass is 10.2. The van der Waals surface area contributed by atoms with E-state index in [0.29, 0.717) is 6.54 Å². The smallest absolute Gasteiger partial charge is 0.411 e. The Bertz CT molecular complexity index is 260. The Morgan fingerprint density at radius 2 is 2.07 bits per heavy atom. The largest absolute Gasteiger partial charge is 0.444 e. The number of hydrogen-bond donors (Lipinski definition) is 1. The molecule has 88 valence electrons. The molecule has 0 bridgehead atoms. The maximum Gasteiger partial charge on any atom is 0.411 e. The summed E-state index contributed by atoms with van der Waals surface area (Å²) in [5.74, 6) is 0. The zero-order chi connectivity index (χ0) is 11.9. The number of carbonyl (C=O) groups is 1. The van der Waals surface area contributed by atoms with Crippen molar-refractivity contribution in [2.24, 2.45) is 0 Å². The van der Waals surface area contributed by atoms with Crippen LogP contribution in [0.15, 0.2) is 0 Å². The second-order valence-corrected chi connectivity index (χ2v) is 6.89. The molecule has 1 fully saturated rings. The van der Waals surface area contributed by atoms with Gasteiger partial charge in [-0.3, -0.25) is 4.90 Å². The van der Waals surface area contributed by atoms with Crippen LogP contribution >= 0.6 is 11.8 Å². The lowest BCUT2D eigenvalue weighted by molar-refractivity contribution is 0.0149. The molecule has 4 nitrogen and oxygen atoms in total. The van der Waals surface area contributed by atoms with E-state index in [4.69, 9.17) is 4.74 Å². The third kappa shape index (κ3) is 3.28. The average molecular weight is 233 g/mol. The summed E-state index contributed by atoms with van der Waals surface area (Å²) in [6, 6.07) is 0. The molecule has 1 unspecified atom stereocenters. The highest BCUT2D eigenvalue weighted by atomic mass is 32.2. The monoisotopic (exact) mass is 233 g/mol. The van der Waals surface area contributed by atoms with E-state index in [1.807, 2.05) is 34.6 Å². The molecule has 1 atom stereocenters. The molecule has 1 heterocycles. The molecule has 0 aromatic rings. The van der Waals surface area contributed by atoms with Crippen molar-refractivity contribution in [3.05, 3.63) is 0 Å². The molecule has 5 heteroatoms. The maximum absolute atomic E-state index is 11.8. The standard InChI is InChI=1S/C10H19NO3S/c1-9(2,3)14-8(13)11-6-7(12)15-10(11,4)5/h7,12H,6H2,1-5H3. The Morgan fingerprint density at radius 3 is 2.40 bits per heavy atom. The van der Waals surface area contributed by atoms with Crippen LogP contribution in [0.4, 0.5) is 4.79 Å². The van der Waals surface area contributed by atoms with Gasteiger partial charge >= 0.3 is 6.09 Å². The van der Waals surface area contributed by atoms with Crippen LogP contribution in [-0.2, 0) is 4.74 Å². The topological polar surface area (TPSA) is 49.8 Å². The summed E-state index contributed by atoms with van der Waals surface area (Å²) in [7, 11) is 0. The normalized spacial score (nSPS) is 25.5. The molecule has 0 radical (unpaired) electrons. The number of aliphatic hydroxyl groups is 1. The van der Waals surface area contributed by atoms with Gasteiger partial charge in [0.25, 0.3) is 0 Å². The summed E-state index contributed by atoms with van der Waals surface area (Å²) in [6.07, 6.45) is -0.364. The summed E-state index contributed by atoms with van der Waals surface area (Å²) < 4.78 is 5.27. The van der Waals surface area contributed by atoms with E-state index in [2.05, 4.69) is 0 Å². The van der Waals surface area contributed by atoms with Crippen LogP contribution in [0, 0.1) is 0 Å².